The standard InChI is InChI=1S/C18H21NO/c1-13-6-5-7-15(12-13)14(2)19-17-10-11-20-18-9-4-3-8-16(17)18/h3-9,12,14,17,19H,10-11H2,1-2H3. The van der Waals surface area contributed by atoms with E-state index in [0.29, 0.717) is 12.1 Å². The van der Waals surface area contributed by atoms with Crippen molar-refractivity contribution in [3.8, 4) is 5.75 Å². The molecule has 2 aromatic rings. The molecule has 0 aliphatic carbocycles. The molecule has 1 aliphatic heterocycles. The Balaban J connectivity index is 1.79. The van der Waals surface area contributed by atoms with Crippen molar-refractivity contribution < 1.29 is 4.74 Å². The number of benzene rings is 2. The average molecular weight is 267 g/mol. The minimum atomic E-state index is 0.339. The number of nitrogens with one attached hydrogen (secondary N) is 1. The maximum atomic E-state index is 5.72. The molecule has 20 heavy (non-hydrogen) atoms. The molecule has 104 valence electrons. The fourth-order valence-corrected chi connectivity index (χ4v) is 2.85. The molecule has 0 fully saturated rings. The summed E-state index contributed by atoms with van der Waals surface area (Å²) in [6.45, 7) is 5.15. The molecule has 0 saturated carbocycles. The average Bonchev–Trinajstić information content (AvgIpc) is 2.47. The number of rotatable bonds is 3. The van der Waals surface area contributed by atoms with Crippen LogP contribution in [0.25, 0.3) is 0 Å². The summed E-state index contributed by atoms with van der Waals surface area (Å²) in [4.78, 5) is 0. The van der Waals surface area contributed by atoms with E-state index in [2.05, 4.69) is 61.6 Å². The number of hydrogen-bond donors (Lipinski definition) is 1. The third-order valence-electron chi connectivity index (χ3n) is 3.95. The van der Waals surface area contributed by atoms with Gasteiger partial charge in [-0.1, -0.05) is 48.0 Å². The van der Waals surface area contributed by atoms with Crippen LogP contribution in [-0.4, -0.2) is 6.61 Å². The minimum Gasteiger partial charge on any atom is -0.493 e. The van der Waals surface area contributed by atoms with E-state index >= 15 is 0 Å². The van der Waals surface area contributed by atoms with Gasteiger partial charge < -0.3 is 10.1 Å². The lowest BCUT2D eigenvalue weighted by molar-refractivity contribution is 0.246. The van der Waals surface area contributed by atoms with Crippen molar-refractivity contribution in [2.24, 2.45) is 0 Å². The largest absolute Gasteiger partial charge is 0.493 e. The summed E-state index contributed by atoms with van der Waals surface area (Å²) in [5.41, 5.74) is 3.93. The van der Waals surface area contributed by atoms with Crippen molar-refractivity contribution in [3.63, 3.8) is 0 Å². The molecule has 1 N–H and O–H groups in total. The first-order valence-electron chi connectivity index (χ1n) is 7.28. The van der Waals surface area contributed by atoms with Gasteiger partial charge in [-0.25, -0.2) is 0 Å². The first kappa shape index (κ1) is 13.2. The Kier molecular flexibility index (Phi) is 3.75. The van der Waals surface area contributed by atoms with Crippen molar-refractivity contribution in [3.05, 3.63) is 65.2 Å². The van der Waals surface area contributed by atoms with Crippen LogP contribution in [0.4, 0.5) is 0 Å². The molecule has 2 unspecified atom stereocenters. The van der Waals surface area contributed by atoms with Crippen molar-refractivity contribution in [2.45, 2.75) is 32.4 Å². The van der Waals surface area contributed by atoms with Crippen LogP contribution in [0.2, 0.25) is 0 Å². The Morgan fingerprint density at radius 3 is 2.85 bits per heavy atom. The van der Waals surface area contributed by atoms with Crippen molar-refractivity contribution in [1.82, 2.24) is 5.32 Å². The van der Waals surface area contributed by atoms with Gasteiger partial charge in [0.25, 0.3) is 0 Å². The van der Waals surface area contributed by atoms with E-state index in [9.17, 15) is 0 Å². The van der Waals surface area contributed by atoms with Crippen LogP contribution in [0, 0.1) is 6.92 Å². The lowest BCUT2D eigenvalue weighted by atomic mass is 9.98. The predicted molar refractivity (Wildman–Crippen MR) is 82.0 cm³/mol. The van der Waals surface area contributed by atoms with Crippen LogP contribution >= 0.6 is 0 Å². The molecule has 1 heterocycles. The SMILES string of the molecule is Cc1cccc(C(C)NC2CCOc3ccccc32)c1. The highest BCUT2D eigenvalue weighted by Crippen LogP contribution is 2.33. The van der Waals surface area contributed by atoms with E-state index < -0.39 is 0 Å². The van der Waals surface area contributed by atoms with E-state index in [4.69, 9.17) is 4.74 Å². The second-order valence-electron chi connectivity index (χ2n) is 5.53. The molecule has 0 spiro atoms. The molecule has 2 nitrogen and oxygen atoms in total. The van der Waals surface area contributed by atoms with Gasteiger partial charge in [-0.05, 0) is 25.5 Å². The van der Waals surface area contributed by atoms with Gasteiger partial charge in [0, 0.05) is 24.1 Å². The zero-order valence-corrected chi connectivity index (χ0v) is 12.1. The highest BCUT2D eigenvalue weighted by Gasteiger charge is 2.22. The first-order valence-corrected chi connectivity index (χ1v) is 7.28. The Labute approximate surface area is 120 Å². The zero-order chi connectivity index (χ0) is 13.9. The van der Waals surface area contributed by atoms with Crippen molar-refractivity contribution in [2.75, 3.05) is 6.61 Å². The number of para-hydroxylation sites is 1. The summed E-state index contributed by atoms with van der Waals surface area (Å²) in [6.07, 6.45) is 1.02. The topological polar surface area (TPSA) is 21.3 Å². The van der Waals surface area contributed by atoms with Gasteiger partial charge >= 0.3 is 0 Å². The molecule has 0 aromatic heterocycles. The van der Waals surface area contributed by atoms with E-state index in [1.54, 1.807) is 0 Å². The number of hydrogen-bond acceptors (Lipinski definition) is 2. The van der Waals surface area contributed by atoms with Crippen LogP contribution in [-0.2, 0) is 0 Å². The van der Waals surface area contributed by atoms with Crippen LogP contribution < -0.4 is 10.1 Å². The van der Waals surface area contributed by atoms with Gasteiger partial charge in [-0.2, -0.15) is 0 Å². The molecule has 2 aromatic carbocycles. The third kappa shape index (κ3) is 2.70. The highest BCUT2D eigenvalue weighted by atomic mass is 16.5. The lowest BCUT2D eigenvalue weighted by Crippen LogP contribution is -2.29. The quantitative estimate of drug-likeness (QED) is 0.901. The monoisotopic (exact) mass is 267 g/mol. The molecule has 0 saturated heterocycles. The Hall–Kier alpha value is -1.80. The summed E-state index contributed by atoms with van der Waals surface area (Å²) in [6, 6.07) is 17.8. The van der Waals surface area contributed by atoms with Crippen molar-refractivity contribution in [1.29, 1.82) is 0 Å². The lowest BCUT2D eigenvalue weighted by Gasteiger charge is -2.29. The van der Waals surface area contributed by atoms with Crippen molar-refractivity contribution >= 4 is 0 Å². The van der Waals surface area contributed by atoms with E-state index in [-0.39, 0.29) is 0 Å². The molecule has 0 amide bonds. The molecular weight excluding hydrogens is 246 g/mol. The minimum absolute atomic E-state index is 0.339. The Morgan fingerprint density at radius 2 is 2.00 bits per heavy atom. The van der Waals surface area contributed by atoms with Crippen LogP contribution in [0.15, 0.2) is 48.5 Å². The number of ether oxygens (including phenoxy) is 1. The van der Waals surface area contributed by atoms with Crippen LogP contribution in [0.5, 0.6) is 5.75 Å². The summed E-state index contributed by atoms with van der Waals surface area (Å²) in [5, 5.41) is 3.74. The fraction of sp³-hybridized carbons (Fsp3) is 0.333. The maximum absolute atomic E-state index is 5.72. The normalized spacial score (nSPS) is 19.0. The molecule has 0 bridgehead atoms. The number of aryl methyl sites for hydroxylation is 1. The van der Waals surface area contributed by atoms with Crippen LogP contribution in [0.1, 0.15) is 42.1 Å². The third-order valence-corrected chi connectivity index (χ3v) is 3.95. The fourth-order valence-electron chi connectivity index (χ4n) is 2.85. The number of fused-ring (bicyclic) bond motifs is 1. The molecule has 2 atom stereocenters. The second-order valence-corrected chi connectivity index (χ2v) is 5.53. The Bertz CT molecular complexity index is 593. The Morgan fingerprint density at radius 1 is 1.15 bits per heavy atom. The molecule has 2 heteroatoms. The molecule has 0 radical (unpaired) electrons. The predicted octanol–water partition coefficient (Wildman–Crippen LogP) is 4.17. The smallest absolute Gasteiger partial charge is 0.124 e. The van der Waals surface area contributed by atoms with E-state index in [1.807, 2.05) is 6.07 Å². The van der Waals surface area contributed by atoms with Gasteiger partial charge in [0.1, 0.15) is 5.75 Å². The molecular formula is C18H21NO. The van der Waals surface area contributed by atoms with Gasteiger partial charge in [0.2, 0.25) is 0 Å². The first-order chi connectivity index (χ1) is 9.74. The van der Waals surface area contributed by atoms with E-state index in [0.717, 1.165) is 18.8 Å². The van der Waals surface area contributed by atoms with Crippen LogP contribution in [0.3, 0.4) is 0 Å². The zero-order valence-electron chi connectivity index (χ0n) is 12.1. The van der Waals surface area contributed by atoms with E-state index in [1.165, 1.54) is 16.7 Å². The summed E-state index contributed by atoms with van der Waals surface area (Å²) >= 11 is 0. The summed E-state index contributed by atoms with van der Waals surface area (Å²) < 4.78 is 5.72. The molecule has 1 aliphatic rings. The highest BCUT2D eigenvalue weighted by molar-refractivity contribution is 5.37. The summed E-state index contributed by atoms with van der Waals surface area (Å²) in [5.74, 6) is 1.02. The van der Waals surface area contributed by atoms with Gasteiger partial charge in [0.05, 0.1) is 6.61 Å². The van der Waals surface area contributed by atoms with Gasteiger partial charge in [0.15, 0.2) is 0 Å². The summed E-state index contributed by atoms with van der Waals surface area (Å²) in [7, 11) is 0. The maximum Gasteiger partial charge on any atom is 0.124 e. The second kappa shape index (κ2) is 5.68. The van der Waals surface area contributed by atoms with Gasteiger partial charge in [-0.3, -0.25) is 0 Å². The molecule has 3 rings (SSSR count). The van der Waals surface area contributed by atoms with Gasteiger partial charge in [-0.15, -0.1) is 0 Å².